The van der Waals surface area contributed by atoms with Crippen molar-refractivity contribution in [1.82, 2.24) is 20.2 Å². The molecule has 1 atom stereocenters. The molecule has 0 radical (unpaired) electrons. The highest BCUT2D eigenvalue weighted by atomic mass is 16.5. The van der Waals surface area contributed by atoms with Crippen LogP contribution in [0, 0.1) is 17.3 Å². The molecule has 7 heteroatoms. The van der Waals surface area contributed by atoms with E-state index < -0.39 is 0 Å². The summed E-state index contributed by atoms with van der Waals surface area (Å²) in [7, 11) is 0. The van der Waals surface area contributed by atoms with Crippen LogP contribution in [-0.2, 0) is 9.53 Å². The van der Waals surface area contributed by atoms with Gasteiger partial charge in [-0.05, 0) is 55.6 Å². The molecule has 3 aliphatic rings. The van der Waals surface area contributed by atoms with Gasteiger partial charge in [0.25, 0.3) is 5.91 Å². The second-order valence-corrected chi connectivity index (χ2v) is 8.83. The Labute approximate surface area is 170 Å². The third-order valence-corrected chi connectivity index (χ3v) is 7.17. The van der Waals surface area contributed by atoms with Crippen LogP contribution in [0.1, 0.15) is 42.6 Å². The summed E-state index contributed by atoms with van der Waals surface area (Å²) in [6.45, 7) is 3.84. The lowest BCUT2D eigenvalue weighted by molar-refractivity contribution is -0.140. The normalized spacial score (nSPS) is 24.0. The number of hydrogen-bond donors (Lipinski definition) is 2. The van der Waals surface area contributed by atoms with Crippen LogP contribution in [0.2, 0.25) is 0 Å². The largest absolute Gasteiger partial charge is 0.381 e. The minimum atomic E-state index is -0.0598. The average Bonchev–Trinajstić information content (AvgIpc) is 3.24. The first-order chi connectivity index (χ1) is 14.1. The molecule has 2 amide bonds. The van der Waals surface area contributed by atoms with Crippen molar-refractivity contribution >= 4 is 22.7 Å². The number of pyridine rings is 1. The fourth-order valence-corrected chi connectivity index (χ4v) is 5.11. The maximum absolute atomic E-state index is 12.7. The number of piperidine rings is 1. The monoisotopic (exact) mass is 396 g/mol. The Morgan fingerprint density at radius 2 is 2.07 bits per heavy atom. The standard InChI is InChI=1S/C22H28N4O3/c27-20(19-11-16-13-23-6-1-18(16)25-19)24-14-17-12-22(17)4-7-26(8-5-22)21(28)15-2-9-29-10-3-15/h1,6,11,13,15,17,25H,2-5,7-10,12,14H2,(H,24,27). The van der Waals surface area contributed by atoms with E-state index in [2.05, 4.69) is 20.2 Å². The first-order valence-electron chi connectivity index (χ1n) is 10.7. The number of nitrogens with zero attached hydrogens (tertiary/aromatic N) is 2. The van der Waals surface area contributed by atoms with Crippen molar-refractivity contribution in [3.05, 3.63) is 30.2 Å². The van der Waals surface area contributed by atoms with Crippen molar-refractivity contribution in [1.29, 1.82) is 0 Å². The molecule has 1 unspecified atom stereocenters. The van der Waals surface area contributed by atoms with E-state index in [-0.39, 0.29) is 11.8 Å². The molecular weight excluding hydrogens is 368 g/mol. The SMILES string of the molecule is O=C(NCC1CC12CCN(C(=O)C1CCOCC1)CC2)c1cc2cnccc2[nH]1. The van der Waals surface area contributed by atoms with Crippen LogP contribution in [-0.4, -0.2) is 59.5 Å². The van der Waals surface area contributed by atoms with E-state index in [1.807, 2.05) is 12.1 Å². The molecule has 5 rings (SSSR count). The number of hydrogen-bond acceptors (Lipinski definition) is 4. The molecule has 1 aliphatic carbocycles. The Morgan fingerprint density at radius 3 is 2.83 bits per heavy atom. The predicted octanol–water partition coefficient (Wildman–Crippen LogP) is 2.35. The Morgan fingerprint density at radius 1 is 1.28 bits per heavy atom. The summed E-state index contributed by atoms with van der Waals surface area (Å²) in [5.41, 5.74) is 1.83. The number of amides is 2. The molecule has 154 valence electrons. The molecule has 0 aromatic carbocycles. The molecule has 0 bridgehead atoms. The van der Waals surface area contributed by atoms with Gasteiger partial charge in [0.05, 0.1) is 0 Å². The highest BCUT2D eigenvalue weighted by Gasteiger charge is 2.55. The van der Waals surface area contributed by atoms with Gasteiger partial charge in [0.2, 0.25) is 5.91 Å². The van der Waals surface area contributed by atoms with Crippen molar-refractivity contribution < 1.29 is 14.3 Å². The maximum atomic E-state index is 12.7. The van der Waals surface area contributed by atoms with Gasteiger partial charge in [-0.15, -0.1) is 0 Å². The van der Waals surface area contributed by atoms with Gasteiger partial charge in [-0.3, -0.25) is 14.6 Å². The van der Waals surface area contributed by atoms with Crippen LogP contribution in [0.5, 0.6) is 0 Å². The zero-order valence-corrected chi connectivity index (χ0v) is 16.7. The number of ether oxygens (including phenoxy) is 1. The first kappa shape index (κ1) is 18.6. The summed E-state index contributed by atoms with van der Waals surface area (Å²) < 4.78 is 5.38. The number of H-pyrrole nitrogens is 1. The number of fused-ring (bicyclic) bond motifs is 1. The van der Waals surface area contributed by atoms with E-state index in [0.717, 1.165) is 56.1 Å². The number of aromatic nitrogens is 2. The summed E-state index contributed by atoms with van der Waals surface area (Å²) in [6.07, 6.45) is 8.46. The number of nitrogens with one attached hydrogen (secondary N) is 2. The molecule has 2 aliphatic heterocycles. The summed E-state index contributed by atoms with van der Waals surface area (Å²) in [4.78, 5) is 34.5. The number of likely N-dealkylation sites (tertiary alicyclic amines) is 1. The third-order valence-electron chi connectivity index (χ3n) is 7.17. The lowest BCUT2D eigenvalue weighted by Gasteiger charge is -2.36. The molecule has 3 fully saturated rings. The highest BCUT2D eigenvalue weighted by Crippen LogP contribution is 2.59. The maximum Gasteiger partial charge on any atom is 0.267 e. The smallest absolute Gasteiger partial charge is 0.267 e. The van der Waals surface area contributed by atoms with Gasteiger partial charge >= 0.3 is 0 Å². The predicted molar refractivity (Wildman–Crippen MR) is 108 cm³/mol. The lowest BCUT2D eigenvalue weighted by atomic mass is 9.89. The fourth-order valence-electron chi connectivity index (χ4n) is 5.11. The van der Waals surface area contributed by atoms with Crippen molar-refractivity contribution in [3.8, 4) is 0 Å². The van der Waals surface area contributed by atoms with Crippen LogP contribution >= 0.6 is 0 Å². The number of aromatic amines is 1. The Hall–Kier alpha value is -2.41. The van der Waals surface area contributed by atoms with Crippen molar-refractivity contribution in [2.75, 3.05) is 32.8 Å². The molecular formula is C22H28N4O3. The van der Waals surface area contributed by atoms with Crippen LogP contribution < -0.4 is 5.32 Å². The van der Waals surface area contributed by atoms with E-state index >= 15 is 0 Å². The average molecular weight is 396 g/mol. The minimum absolute atomic E-state index is 0.0598. The molecule has 4 heterocycles. The van der Waals surface area contributed by atoms with Crippen LogP contribution in [0.3, 0.4) is 0 Å². The van der Waals surface area contributed by atoms with Crippen molar-refractivity contribution in [2.24, 2.45) is 17.3 Å². The lowest BCUT2D eigenvalue weighted by Crippen LogP contribution is -2.44. The summed E-state index contributed by atoms with van der Waals surface area (Å²) in [6, 6.07) is 3.72. The van der Waals surface area contributed by atoms with Crippen LogP contribution in [0.4, 0.5) is 0 Å². The Balaban J connectivity index is 1.11. The molecule has 1 spiro atoms. The van der Waals surface area contributed by atoms with Gasteiger partial charge in [-0.1, -0.05) is 0 Å². The van der Waals surface area contributed by atoms with E-state index in [4.69, 9.17) is 4.74 Å². The molecule has 2 aromatic rings. The first-order valence-corrected chi connectivity index (χ1v) is 10.7. The van der Waals surface area contributed by atoms with Gasteiger partial charge < -0.3 is 19.9 Å². The molecule has 29 heavy (non-hydrogen) atoms. The van der Waals surface area contributed by atoms with E-state index in [9.17, 15) is 9.59 Å². The summed E-state index contributed by atoms with van der Waals surface area (Å²) in [5, 5.41) is 4.04. The molecule has 2 aromatic heterocycles. The number of carbonyl (C=O) groups excluding carboxylic acids is 2. The van der Waals surface area contributed by atoms with Gasteiger partial charge in [-0.25, -0.2) is 0 Å². The second kappa shape index (κ2) is 7.44. The molecule has 1 saturated carbocycles. The highest BCUT2D eigenvalue weighted by molar-refractivity contribution is 5.97. The van der Waals surface area contributed by atoms with Gasteiger partial charge in [0.15, 0.2) is 0 Å². The van der Waals surface area contributed by atoms with Crippen LogP contribution in [0.15, 0.2) is 24.5 Å². The number of carbonyl (C=O) groups is 2. The minimum Gasteiger partial charge on any atom is -0.381 e. The van der Waals surface area contributed by atoms with Crippen LogP contribution in [0.25, 0.3) is 10.9 Å². The molecule has 2 N–H and O–H groups in total. The molecule has 7 nitrogen and oxygen atoms in total. The quantitative estimate of drug-likeness (QED) is 0.831. The Bertz CT molecular complexity index is 877. The van der Waals surface area contributed by atoms with Gasteiger partial charge in [-0.2, -0.15) is 0 Å². The van der Waals surface area contributed by atoms with E-state index in [1.54, 1.807) is 12.4 Å². The zero-order valence-electron chi connectivity index (χ0n) is 16.7. The fraction of sp³-hybridized carbons (Fsp3) is 0.591. The number of rotatable bonds is 4. The zero-order chi connectivity index (χ0) is 19.8. The van der Waals surface area contributed by atoms with Crippen molar-refractivity contribution in [3.63, 3.8) is 0 Å². The topological polar surface area (TPSA) is 87.3 Å². The third kappa shape index (κ3) is 3.64. The Kier molecular flexibility index (Phi) is 4.78. The van der Waals surface area contributed by atoms with Gasteiger partial charge in [0, 0.05) is 62.1 Å². The van der Waals surface area contributed by atoms with E-state index in [1.165, 1.54) is 0 Å². The summed E-state index contributed by atoms with van der Waals surface area (Å²) >= 11 is 0. The van der Waals surface area contributed by atoms with Gasteiger partial charge in [0.1, 0.15) is 5.69 Å². The summed E-state index contributed by atoms with van der Waals surface area (Å²) in [5.74, 6) is 0.939. The van der Waals surface area contributed by atoms with Crippen molar-refractivity contribution in [2.45, 2.75) is 32.1 Å². The molecule has 2 saturated heterocycles. The second-order valence-electron chi connectivity index (χ2n) is 8.83. The van der Waals surface area contributed by atoms with E-state index in [0.29, 0.717) is 42.7 Å².